The van der Waals surface area contributed by atoms with Gasteiger partial charge in [-0.05, 0) is 24.1 Å². The monoisotopic (exact) mass is 366 g/mol. The third-order valence-corrected chi connectivity index (χ3v) is 4.95. The number of rotatable bonds is 6. The van der Waals surface area contributed by atoms with Gasteiger partial charge in [0.15, 0.2) is 0 Å². The summed E-state index contributed by atoms with van der Waals surface area (Å²) in [5.41, 5.74) is 3.16. The molecule has 1 amide bonds. The number of hydrogen-bond donors (Lipinski definition) is 1. The van der Waals surface area contributed by atoms with Crippen molar-refractivity contribution in [2.24, 2.45) is 0 Å². The van der Waals surface area contributed by atoms with Crippen molar-refractivity contribution in [3.05, 3.63) is 60.2 Å². The van der Waals surface area contributed by atoms with Crippen molar-refractivity contribution >= 4 is 5.91 Å². The Morgan fingerprint density at radius 1 is 1.33 bits per heavy atom. The fraction of sp³-hybridized carbons (Fsp3) is 0.368. The van der Waals surface area contributed by atoms with Crippen molar-refractivity contribution < 1.29 is 9.53 Å². The van der Waals surface area contributed by atoms with Crippen LogP contribution in [0.2, 0.25) is 0 Å². The lowest BCUT2D eigenvalue weighted by atomic mass is 9.90. The van der Waals surface area contributed by atoms with E-state index < -0.39 is 0 Å². The number of nitrogens with zero attached hydrogens (tertiary/aromatic N) is 5. The molecule has 0 spiro atoms. The van der Waals surface area contributed by atoms with E-state index in [1.807, 2.05) is 29.2 Å². The van der Waals surface area contributed by atoms with Gasteiger partial charge in [0.25, 0.3) is 0 Å². The van der Waals surface area contributed by atoms with Crippen LogP contribution in [0.4, 0.5) is 0 Å². The standard InChI is InChI=1S/C19H22N6O2/c1-27-15-6-4-14(5-7-15)16-9-24(10-17-19(16)22-12-21-17)18(26)3-2-8-25-13-20-11-23-25/h4-7,11-13,16H,2-3,8-10H2,1H3,(H,21,22). The summed E-state index contributed by atoms with van der Waals surface area (Å²) in [6, 6.07) is 7.97. The molecular weight excluding hydrogens is 344 g/mol. The normalized spacial score (nSPS) is 16.2. The first-order valence-electron chi connectivity index (χ1n) is 9.01. The van der Waals surface area contributed by atoms with Crippen LogP contribution in [0.3, 0.4) is 0 Å². The zero-order chi connectivity index (χ0) is 18.6. The number of carbonyl (C=O) groups excluding carboxylic acids is 1. The van der Waals surface area contributed by atoms with Crippen molar-refractivity contribution in [2.75, 3.05) is 13.7 Å². The summed E-state index contributed by atoms with van der Waals surface area (Å²) in [5, 5.41) is 4.07. The molecule has 1 unspecified atom stereocenters. The second kappa shape index (κ2) is 7.61. The SMILES string of the molecule is COc1ccc(C2CN(C(=O)CCCn3cncn3)Cc3[nH]cnc32)cc1. The van der Waals surface area contributed by atoms with Crippen LogP contribution in [-0.2, 0) is 17.9 Å². The summed E-state index contributed by atoms with van der Waals surface area (Å²) >= 11 is 0. The molecule has 3 heterocycles. The smallest absolute Gasteiger partial charge is 0.223 e. The van der Waals surface area contributed by atoms with Crippen LogP contribution < -0.4 is 4.74 Å². The largest absolute Gasteiger partial charge is 0.497 e. The Balaban J connectivity index is 1.46. The van der Waals surface area contributed by atoms with Crippen molar-refractivity contribution in [3.63, 3.8) is 0 Å². The molecule has 1 atom stereocenters. The van der Waals surface area contributed by atoms with E-state index in [2.05, 4.69) is 20.1 Å². The van der Waals surface area contributed by atoms with Gasteiger partial charge in [-0.15, -0.1) is 0 Å². The zero-order valence-electron chi connectivity index (χ0n) is 15.2. The average molecular weight is 366 g/mol. The quantitative estimate of drug-likeness (QED) is 0.720. The van der Waals surface area contributed by atoms with Crippen molar-refractivity contribution in [2.45, 2.75) is 31.8 Å². The average Bonchev–Trinajstić information content (AvgIpc) is 3.39. The molecule has 0 bridgehead atoms. The Labute approximate surface area is 157 Å². The summed E-state index contributed by atoms with van der Waals surface area (Å²) < 4.78 is 6.99. The van der Waals surface area contributed by atoms with Gasteiger partial charge in [0.05, 0.1) is 31.4 Å². The van der Waals surface area contributed by atoms with Crippen LogP contribution in [0.15, 0.2) is 43.2 Å². The van der Waals surface area contributed by atoms with E-state index in [1.54, 1.807) is 24.4 Å². The first kappa shape index (κ1) is 17.3. The van der Waals surface area contributed by atoms with Crippen molar-refractivity contribution in [1.82, 2.24) is 29.6 Å². The number of aryl methyl sites for hydroxylation is 1. The van der Waals surface area contributed by atoms with E-state index in [4.69, 9.17) is 4.74 Å². The number of methoxy groups -OCH3 is 1. The highest BCUT2D eigenvalue weighted by Gasteiger charge is 2.31. The number of aromatic amines is 1. The Hall–Kier alpha value is -3.16. The number of fused-ring (bicyclic) bond motifs is 1. The van der Waals surface area contributed by atoms with E-state index in [1.165, 1.54) is 6.33 Å². The Morgan fingerprint density at radius 2 is 2.19 bits per heavy atom. The minimum absolute atomic E-state index is 0.0603. The molecule has 2 aromatic heterocycles. The van der Waals surface area contributed by atoms with Crippen LogP contribution >= 0.6 is 0 Å². The highest BCUT2D eigenvalue weighted by Crippen LogP contribution is 2.32. The van der Waals surface area contributed by atoms with Gasteiger partial charge in [-0.1, -0.05) is 12.1 Å². The number of H-pyrrole nitrogens is 1. The molecule has 0 fully saturated rings. The van der Waals surface area contributed by atoms with Crippen LogP contribution in [0.1, 0.15) is 35.7 Å². The first-order chi connectivity index (χ1) is 13.2. The fourth-order valence-electron chi connectivity index (χ4n) is 3.51. The van der Waals surface area contributed by atoms with Gasteiger partial charge in [-0.3, -0.25) is 9.48 Å². The predicted molar refractivity (Wildman–Crippen MR) is 98.1 cm³/mol. The van der Waals surface area contributed by atoms with Gasteiger partial charge in [0.1, 0.15) is 18.4 Å². The number of imidazole rings is 1. The maximum absolute atomic E-state index is 12.8. The molecule has 8 heteroatoms. The highest BCUT2D eigenvalue weighted by atomic mass is 16.5. The van der Waals surface area contributed by atoms with Crippen molar-refractivity contribution in [1.29, 1.82) is 0 Å². The minimum atomic E-state index is 0.0603. The molecule has 4 rings (SSSR count). The molecule has 0 radical (unpaired) electrons. The number of nitrogens with one attached hydrogen (secondary N) is 1. The number of ether oxygens (including phenoxy) is 1. The molecule has 1 aliphatic heterocycles. The predicted octanol–water partition coefficient (Wildman–Crippen LogP) is 1.96. The maximum atomic E-state index is 12.8. The Morgan fingerprint density at radius 3 is 2.93 bits per heavy atom. The summed E-state index contributed by atoms with van der Waals surface area (Å²) in [7, 11) is 1.65. The summed E-state index contributed by atoms with van der Waals surface area (Å²) in [6.45, 7) is 1.90. The van der Waals surface area contributed by atoms with Gasteiger partial charge in [0.2, 0.25) is 5.91 Å². The molecule has 0 aliphatic carbocycles. The topological polar surface area (TPSA) is 88.9 Å². The third-order valence-electron chi connectivity index (χ3n) is 4.95. The maximum Gasteiger partial charge on any atom is 0.223 e. The van der Waals surface area contributed by atoms with E-state index in [0.29, 0.717) is 26.1 Å². The molecule has 140 valence electrons. The Bertz CT molecular complexity index is 887. The van der Waals surface area contributed by atoms with E-state index in [9.17, 15) is 4.79 Å². The van der Waals surface area contributed by atoms with Gasteiger partial charge < -0.3 is 14.6 Å². The van der Waals surface area contributed by atoms with E-state index in [-0.39, 0.29) is 11.8 Å². The molecular formula is C19H22N6O2. The van der Waals surface area contributed by atoms with Crippen LogP contribution in [0.25, 0.3) is 0 Å². The summed E-state index contributed by atoms with van der Waals surface area (Å²) in [6.07, 6.45) is 6.11. The van der Waals surface area contributed by atoms with Gasteiger partial charge >= 0.3 is 0 Å². The van der Waals surface area contributed by atoms with Crippen LogP contribution in [0.5, 0.6) is 5.75 Å². The Kier molecular flexibility index (Phi) is 4.86. The molecule has 1 aliphatic rings. The first-order valence-corrected chi connectivity index (χ1v) is 9.01. The number of carbonyl (C=O) groups is 1. The number of benzene rings is 1. The van der Waals surface area contributed by atoms with Crippen LogP contribution in [-0.4, -0.2) is 49.2 Å². The molecule has 0 saturated carbocycles. The van der Waals surface area contributed by atoms with Crippen molar-refractivity contribution in [3.8, 4) is 5.75 Å². The zero-order valence-corrected chi connectivity index (χ0v) is 15.2. The lowest BCUT2D eigenvalue weighted by Gasteiger charge is -2.32. The summed E-state index contributed by atoms with van der Waals surface area (Å²) in [4.78, 5) is 26.3. The minimum Gasteiger partial charge on any atom is -0.497 e. The molecule has 1 aromatic carbocycles. The molecule has 1 N–H and O–H groups in total. The second-order valence-electron chi connectivity index (χ2n) is 6.63. The fourth-order valence-corrected chi connectivity index (χ4v) is 3.51. The van der Waals surface area contributed by atoms with Gasteiger partial charge in [0, 0.05) is 25.4 Å². The van der Waals surface area contributed by atoms with Crippen LogP contribution in [0, 0.1) is 0 Å². The van der Waals surface area contributed by atoms with Gasteiger partial charge in [-0.25, -0.2) is 9.97 Å². The lowest BCUT2D eigenvalue weighted by Crippen LogP contribution is -2.38. The van der Waals surface area contributed by atoms with Gasteiger partial charge in [-0.2, -0.15) is 5.10 Å². The number of hydrogen-bond acceptors (Lipinski definition) is 5. The third kappa shape index (κ3) is 3.69. The lowest BCUT2D eigenvalue weighted by molar-refractivity contribution is -0.132. The summed E-state index contributed by atoms with van der Waals surface area (Å²) in [5.74, 6) is 1.02. The number of aromatic nitrogens is 5. The van der Waals surface area contributed by atoms with E-state index in [0.717, 1.165) is 29.1 Å². The highest BCUT2D eigenvalue weighted by molar-refractivity contribution is 5.76. The van der Waals surface area contributed by atoms with E-state index >= 15 is 0 Å². The molecule has 3 aromatic rings. The molecule has 27 heavy (non-hydrogen) atoms. The number of amides is 1. The molecule has 0 saturated heterocycles. The second-order valence-corrected chi connectivity index (χ2v) is 6.63. The molecule has 8 nitrogen and oxygen atoms in total.